The quantitative estimate of drug-likeness (QED) is 0.488. The molecule has 31 heavy (non-hydrogen) atoms. The van der Waals surface area contributed by atoms with Gasteiger partial charge in [-0.1, -0.05) is 24.3 Å². The van der Waals surface area contributed by atoms with Gasteiger partial charge in [0.05, 0.1) is 7.11 Å². The predicted molar refractivity (Wildman–Crippen MR) is 115 cm³/mol. The Balaban J connectivity index is 1.28. The summed E-state index contributed by atoms with van der Waals surface area (Å²) in [7, 11) is 1.56. The Morgan fingerprint density at radius 1 is 1.06 bits per heavy atom. The average molecular weight is 420 g/mol. The van der Waals surface area contributed by atoms with E-state index in [0.717, 1.165) is 18.2 Å². The second-order valence-electron chi connectivity index (χ2n) is 7.66. The number of methoxy groups -OCH3 is 1. The topological polar surface area (TPSA) is 88.9 Å². The van der Waals surface area contributed by atoms with Gasteiger partial charge in [-0.2, -0.15) is 0 Å². The molecule has 160 valence electrons. The van der Waals surface area contributed by atoms with Crippen molar-refractivity contribution in [1.82, 2.24) is 10.2 Å². The maximum atomic E-state index is 12.6. The van der Waals surface area contributed by atoms with Crippen molar-refractivity contribution in [3.8, 4) is 5.75 Å². The number of carbonyl (C=O) groups excluding carboxylic acids is 3. The van der Waals surface area contributed by atoms with Crippen LogP contribution in [0.15, 0.2) is 59.0 Å². The number of likely N-dealkylation sites (tertiary alicyclic amines) is 1. The zero-order valence-electron chi connectivity index (χ0n) is 17.3. The zero-order chi connectivity index (χ0) is 21.8. The highest BCUT2D eigenvalue weighted by atomic mass is 16.5. The van der Waals surface area contributed by atoms with Gasteiger partial charge in [-0.15, -0.1) is 0 Å². The fourth-order valence-electron chi connectivity index (χ4n) is 3.79. The third-order valence-corrected chi connectivity index (χ3v) is 5.63. The van der Waals surface area contributed by atoms with Gasteiger partial charge in [0.15, 0.2) is 5.76 Å². The number of ketones is 1. The number of carbonyl (C=O) groups is 3. The number of hydrogen-bond donors (Lipinski definition) is 1. The molecule has 1 aromatic heterocycles. The number of Topliss-reactive ketones (excluding diaryl/α,β-unsaturated/α-hetero) is 1. The van der Waals surface area contributed by atoms with E-state index in [4.69, 9.17) is 9.15 Å². The molecule has 1 fully saturated rings. The van der Waals surface area contributed by atoms with Crippen molar-refractivity contribution in [3.63, 3.8) is 0 Å². The zero-order valence-corrected chi connectivity index (χ0v) is 17.3. The van der Waals surface area contributed by atoms with Crippen LogP contribution in [0.3, 0.4) is 0 Å². The Bertz CT molecular complexity index is 1080. The lowest BCUT2D eigenvalue weighted by Crippen LogP contribution is -2.44. The third-order valence-electron chi connectivity index (χ3n) is 5.63. The van der Waals surface area contributed by atoms with Crippen LogP contribution in [0, 0.1) is 5.92 Å². The van der Waals surface area contributed by atoms with Crippen molar-refractivity contribution >= 4 is 28.6 Å². The first-order chi connectivity index (χ1) is 15.0. The molecule has 2 aromatic carbocycles. The van der Waals surface area contributed by atoms with Crippen LogP contribution < -0.4 is 10.1 Å². The maximum absolute atomic E-state index is 12.6. The largest absolute Gasteiger partial charge is 0.497 e. The molecular formula is C24H24N2O5. The summed E-state index contributed by atoms with van der Waals surface area (Å²) >= 11 is 0. The molecular weight excluding hydrogens is 396 g/mol. The van der Waals surface area contributed by atoms with Crippen LogP contribution in [0.2, 0.25) is 0 Å². The number of furan rings is 1. The fourth-order valence-corrected chi connectivity index (χ4v) is 3.79. The summed E-state index contributed by atoms with van der Waals surface area (Å²) in [5.41, 5.74) is 1.13. The van der Waals surface area contributed by atoms with Crippen LogP contribution in [0.25, 0.3) is 11.0 Å². The molecule has 0 saturated carbocycles. The summed E-state index contributed by atoms with van der Waals surface area (Å²) in [5.74, 6) is -0.372. The molecule has 0 bridgehead atoms. The van der Waals surface area contributed by atoms with E-state index in [1.165, 1.54) is 0 Å². The Labute approximate surface area is 180 Å². The van der Waals surface area contributed by atoms with Gasteiger partial charge in [-0.05, 0) is 49.1 Å². The van der Waals surface area contributed by atoms with Gasteiger partial charge in [-0.25, -0.2) is 0 Å². The number of nitrogens with one attached hydrogen (secondary N) is 1. The maximum Gasteiger partial charge on any atom is 0.298 e. The van der Waals surface area contributed by atoms with Crippen molar-refractivity contribution < 1.29 is 23.5 Å². The Morgan fingerprint density at radius 3 is 2.58 bits per heavy atom. The monoisotopic (exact) mass is 420 g/mol. The lowest BCUT2D eigenvalue weighted by Gasteiger charge is -2.31. The first kappa shape index (κ1) is 20.7. The molecule has 1 N–H and O–H groups in total. The number of fused-ring (bicyclic) bond motifs is 1. The molecule has 0 aliphatic carbocycles. The molecule has 1 aliphatic rings. The molecule has 0 radical (unpaired) electrons. The third kappa shape index (κ3) is 4.60. The number of ether oxygens (including phenoxy) is 1. The highest BCUT2D eigenvalue weighted by Crippen LogP contribution is 2.22. The van der Waals surface area contributed by atoms with Gasteiger partial charge < -0.3 is 19.4 Å². The molecule has 0 atom stereocenters. The Kier molecular flexibility index (Phi) is 6.02. The van der Waals surface area contributed by atoms with E-state index in [1.807, 2.05) is 18.2 Å². The van der Waals surface area contributed by atoms with Crippen molar-refractivity contribution in [1.29, 1.82) is 0 Å². The second-order valence-corrected chi connectivity index (χ2v) is 7.66. The van der Waals surface area contributed by atoms with Crippen LogP contribution in [0.4, 0.5) is 0 Å². The minimum absolute atomic E-state index is 0.0684. The number of piperidine rings is 1. The molecule has 0 unspecified atom stereocenters. The minimum Gasteiger partial charge on any atom is -0.497 e. The van der Waals surface area contributed by atoms with Crippen LogP contribution in [0.1, 0.15) is 33.8 Å². The van der Waals surface area contributed by atoms with E-state index in [1.54, 1.807) is 48.4 Å². The standard InChI is InChI=1S/C24H24N2O5/c1-30-19-7-4-6-18(13-19)23(28)25-15-16-9-11-26(12-10-16)24(29)22(27)21-14-17-5-2-3-8-20(17)31-21/h2-8,13-14,16H,9-12,15H2,1H3,(H,25,28). The van der Waals surface area contributed by atoms with E-state index >= 15 is 0 Å². The molecule has 7 heteroatoms. The molecule has 0 spiro atoms. The van der Waals surface area contributed by atoms with E-state index in [2.05, 4.69) is 5.32 Å². The highest BCUT2D eigenvalue weighted by molar-refractivity contribution is 6.42. The molecule has 1 aliphatic heterocycles. The number of hydrogen-bond acceptors (Lipinski definition) is 5. The van der Waals surface area contributed by atoms with Gasteiger partial charge in [-0.3, -0.25) is 14.4 Å². The molecule has 3 aromatic rings. The molecule has 1 saturated heterocycles. The van der Waals surface area contributed by atoms with Gasteiger partial charge in [0.2, 0.25) is 0 Å². The number of benzene rings is 2. The van der Waals surface area contributed by atoms with E-state index in [-0.39, 0.29) is 17.6 Å². The van der Waals surface area contributed by atoms with Crippen molar-refractivity contribution in [2.75, 3.05) is 26.7 Å². The summed E-state index contributed by atoms with van der Waals surface area (Å²) in [4.78, 5) is 39.1. The summed E-state index contributed by atoms with van der Waals surface area (Å²) in [6.45, 7) is 1.48. The number of para-hydroxylation sites is 1. The Hall–Kier alpha value is -3.61. The molecule has 2 heterocycles. The van der Waals surface area contributed by atoms with Crippen LogP contribution in [0.5, 0.6) is 5.75 Å². The number of nitrogens with zero attached hydrogens (tertiary/aromatic N) is 1. The van der Waals surface area contributed by atoms with Crippen LogP contribution in [-0.4, -0.2) is 49.2 Å². The molecule has 7 nitrogen and oxygen atoms in total. The SMILES string of the molecule is COc1cccc(C(=O)NCC2CCN(C(=O)C(=O)c3cc4ccccc4o3)CC2)c1. The minimum atomic E-state index is -0.624. The molecule has 4 rings (SSSR count). The van der Waals surface area contributed by atoms with E-state index in [9.17, 15) is 14.4 Å². The number of amides is 2. The van der Waals surface area contributed by atoms with Gasteiger partial charge in [0.1, 0.15) is 11.3 Å². The van der Waals surface area contributed by atoms with E-state index in [0.29, 0.717) is 36.5 Å². The predicted octanol–water partition coefficient (Wildman–Crippen LogP) is 3.29. The Morgan fingerprint density at radius 2 is 1.84 bits per heavy atom. The van der Waals surface area contributed by atoms with Crippen LogP contribution >= 0.6 is 0 Å². The summed E-state index contributed by atoms with van der Waals surface area (Å²) in [6.07, 6.45) is 1.44. The lowest BCUT2D eigenvalue weighted by molar-refractivity contribution is -0.127. The first-order valence-corrected chi connectivity index (χ1v) is 10.3. The smallest absolute Gasteiger partial charge is 0.298 e. The highest BCUT2D eigenvalue weighted by Gasteiger charge is 2.29. The van der Waals surface area contributed by atoms with Gasteiger partial charge in [0, 0.05) is 30.6 Å². The first-order valence-electron chi connectivity index (χ1n) is 10.3. The average Bonchev–Trinajstić information content (AvgIpc) is 3.26. The van der Waals surface area contributed by atoms with Gasteiger partial charge >= 0.3 is 0 Å². The number of rotatable bonds is 6. The summed E-state index contributed by atoms with van der Waals surface area (Å²) < 4.78 is 10.7. The van der Waals surface area contributed by atoms with Crippen molar-refractivity contribution in [2.45, 2.75) is 12.8 Å². The molecule has 2 amide bonds. The lowest BCUT2D eigenvalue weighted by atomic mass is 9.96. The fraction of sp³-hybridized carbons (Fsp3) is 0.292. The van der Waals surface area contributed by atoms with Crippen molar-refractivity contribution in [3.05, 3.63) is 65.9 Å². The second kappa shape index (κ2) is 9.04. The van der Waals surface area contributed by atoms with Crippen molar-refractivity contribution in [2.24, 2.45) is 5.92 Å². The summed E-state index contributed by atoms with van der Waals surface area (Å²) in [6, 6.07) is 15.9. The normalized spacial score (nSPS) is 14.4. The van der Waals surface area contributed by atoms with E-state index < -0.39 is 11.7 Å². The van der Waals surface area contributed by atoms with Gasteiger partial charge in [0.25, 0.3) is 17.6 Å². The van der Waals surface area contributed by atoms with Crippen LogP contribution in [-0.2, 0) is 4.79 Å². The summed E-state index contributed by atoms with van der Waals surface area (Å²) in [5, 5.41) is 3.74.